The Morgan fingerprint density at radius 2 is 1.45 bits per heavy atom. The van der Waals surface area contributed by atoms with E-state index in [0.717, 1.165) is 36.2 Å². The van der Waals surface area contributed by atoms with Crippen molar-refractivity contribution in [2.75, 3.05) is 0 Å². The number of allylic oxidation sites excluding steroid dienone is 4. The summed E-state index contributed by atoms with van der Waals surface area (Å²) in [5, 5.41) is 8.92. The van der Waals surface area contributed by atoms with E-state index in [4.69, 9.17) is 5.11 Å². The predicted molar refractivity (Wildman–Crippen MR) is 157 cm³/mol. The second kappa shape index (κ2) is 15.8. The van der Waals surface area contributed by atoms with Crippen molar-refractivity contribution in [3.05, 3.63) is 57.7 Å². The van der Waals surface area contributed by atoms with Crippen LogP contribution in [0.25, 0.3) is 0 Å². The fourth-order valence-electron chi connectivity index (χ4n) is 5.39. The summed E-state index contributed by atoms with van der Waals surface area (Å²) in [6, 6.07) is 5.14. The minimum Gasteiger partial charge on any atom is -0.481 e. The maximum Gasteiger partial charge on any atom is 0.303 e. The van der Waals surface area contributed by atoms with E-state index in [1.165, 1.54) is 50.5 Å². The van der Waals surface area contributed by atoms with E-state index in [-0.39, 0.29) is 18.0 Å². The van der Waals surface area contributed by atoms with Gasteiger partial charge in [-0.25, -0.2) is 0 Å². The van der Waals surface area contributed by atoms with Crippen LogP contribution in [-0.4, -0.2) is 22.6 Å². The fraction of sp³-hybridized carbons (Fsp3) is 0.618. The SMILES string of the molecule is CC1=C(C/C=C(\C)CCCC(C)CCCC(C)CCCC(C)C)C(=O)c2ccc(CCC(=O)O)cc2C1=O. The van der Waals surface area contributed by atoms with E-state index in [1.54, 1.807) is 25.1 Å². The van der Waals surface area contributed by atoms with Crippen molar-refractivity contribution in [1.29, 1.82) is 0 Å². The molecule has 38 heavy (non-hydrogen) atoms. The van der Waals surface area contributed by atoms with Gasteiger partial charge in [-0.3, -0.25) is 14.4 Å². The molecule has 0 fully saturated rings. The number of aliphatic carboxylic acids is 1. The van der Waals surface area contributed by atoms with E-state index >= 15 is 0 Å². The average Bonchev–Trinajstić information content (AvgIpc) is 2.85. The van der Waals surface area contributed by atoms with Gasteiger partial charge in [0.25, 0.3) is 0 Å². The summed E-state index contributed by atoms with van der Waals surface area (Å²) in [6.45, 7) is 13.2. The topological polar surface area (TPSA) is 71.4 Å². The monoisotopic (exact) mass is 522 g/mol. The highest BCUT2D eigenvalue weighted by atomic mass is 16.4. The minimum atomic E-state index is -0.877. The van der Waals surface area contributed by atoms with Crippen molar-refractivity contribution >= 4 is 17.5 Å². The number of hydrogen-bond donors (Lipinski definition) is 1. The first-order valence-electron chi connectivity index (χ1n) is 14.8. The summed E-state index contributed by atoms with van der Waals surface area (Å²) >= 11 is 0. The van der Waals surface area contributed by atoms with Crippen molar-refractivity contribution in [3.8, 4) is 0 Å². The summed E-state index contributed by atoms with van der Waals surface area (Å²) in [5.74, 6) is 1.31. The molecule has 1 aliphatic rings. The number of carbonyl (C=O) groups excluding carboxylic acids is 2. The van der Waals surface area contributed by atoms with E-state index in [2.05, 4.69) is 40.7 Å². The molecule has 0 bridgehead atoms. The number of carboxylic acids is 1. The van der Waals surface area contributed by atoms with Crippen molar-refractivity contribution in [2.45, 2.75) is 119 Å². The number of fused-ring (bicyclic) bond motifs is 1. The molecule has 2 atom stereocenters. The summed E-state index contributed by atoms with van der Waals surface area (Å²) in [6.07, 6.45) is 14.4. The molecule has 2 rings (SSSR count). The lowest BCUT2D eigenvalue weighted by Gasteiger charge is -2.19. The molecular formula is C34H50O4. The average molecular weight is 523 g/mol. The van der Waals surface area contributed by atoms with E-state index in [0.29, 0.717) is 35.1 Å². The molecule has 0 aliphatic heterocycles. The Kier molecular flexibility index (Phi) is 13.2. The van der Waals surface area contributed by atoms with Gasteiger partial charge >= 0.3 is 5.97 Å². The number of hydrogen-bond acceptors (Lipinski definition) is 3. The number of ketones is 2. The zero-order valence-corrected chi connectivity index (χ0v) is 24.7. The zero-order chi connectivity index (χ0) is 28.2. The molecule has 0 amide bonds. The molecule has 4 heteroatoms. The fourth-order valence-corrected chi connectivity index (χ4v) is 5.39. The van der Waals surface area contributed by atoms with Crippen LogP contribution in [0, 0.1) is 17.8 Å². The Morgan fingerprint density at radius 3 is 2.05 bits per heavy atom. The van der Waals surface area contributed by atoms with Gasteiger partial charge in [-0.2, -0.15) is 0 Å². The van der Waals surface area contributed by atoms with Crippen LogP contribution in [0.4, 0.5) is 0 Å². The maximum absolute atomic E-state index is 13.2. The molecule has 1 aromatic carbocycles. The lowest BCUT2D eigenvalue weighted by Crippen LogP contribution is -2.21. The molecule has 4 nitrogen and oxygen atoms in total. The summed E-state index contributed by atoms with van der Waals surface area (Å²) in [7, 11) is 0. The predicted octanol–water partition coefficient (Wildman–Crippen LogP) is 9.17. The molecule has 0 saturated carbocycles. The molecule has 0 spiro atoms. The number of rotatable bonds is 17. The zero-order valence-electron chi connectivity index (χ0n) is 24.7. The Morgan fingerprint density at radius 1 is 0.842 bits per heavy atom. The van der Waals surface area contributed by atoms with Gasteiger partial charge in [0.2, 0.25) is 0 Å². The number of Topliss-reactive ketones (excluding diaryl/α,β-unsaturated/α-hetero) is 2. The smallest absolute Gasteiger partial charge is 0.303 e. The summed E-state index contributed by atoms with van der Waals surface area (Å²) < 4.78 is 0. The van der Waals surface area contributed by atoms with Gasteiger partial charge in [-0.15, -0.1) is 0 Å². The Labute approximate surface area is 231 Å². The standard InChI is InChI=1S/C34H50O4/c1-23(2)10-7-11-24(3)12-8-13-25(4)14-9-15-26(5)16-19-29-27(6)33(37)31-22-28(18-21-32(35)36)17-20-30(31)34(29)38/h16-17,20,22-25H,7-15,18-19,21H2,1-6H3,(H,35,36)/b26-16+. The van der Waals surface area contributed by atoms with Crippen LogP contribution >= 0.6 is 0 Å². The highest BCUT2D eigenvalue weighted by molar-refractivity contribution is 6.26. The molecule has 0 aromatic heterocycles. The number of aryl methyl sites for hydroxylation is 1. The van der Waals surface area contributed by atoms with E-state index in [9.17, 15) is 14.4 Å². The largest absolute Gasteiger partial charge is 0.481 e. The van der Waals surface area contributed by atoms with E-state index < -0.39 is 5.97 Å². The second-order valence-corrected chi connectivity index (χ2v) is 12.1. The number of carboxylic acid groups (broad SMARTS) is 1. The van der Waals surface area contributed by atoms with Gasteiger partial charge < -0.3 is 5.11 Å². The van der Waals surface area contributed by atoms with Crippen LogP contribution in [0.15, 0.2) is 41.0 Å². The second-order valence-electron chi connectivity index (χ2n) is 12.1. The quantitative estimate of drug-likeness (QED) is 0.207. The van der Waals surface area contributed by atoms with Gasteiger partial charge in [0, 0.05) is 28.7 Å². The molecule has 0 heterocycles. The first kappa shape index (κ1) is 31.7. The van der Waals surface area contributed by atoms with Crippen LogP contribution in [0.1, 0.15) is 138 Å². The van der Waals surface area contributed by atoms with Crippen LogP contribution in [-0.2, 0) is 11.2 Å². The summed E-state index contributed by atoms with van der Waals surface area (Å²) in [4.78, 5) is 37.1. The highest BCUT2D eigenvalue weighted by Crippen LogP contribution is 2.30. The number of benzene rings is 1. The molecule has 210 valence electrons. The van der Waals surface area contributed by atoms with Crippen molar-refractivity contribution < 1.29 is 19.5 Å². The lowest BCUT2D eigenvalue weighted by atomic mass is 9.82. The first-order valence-corrected chi connectivity index (χ1v) is 14.8. The molecule has 0 saturated heterocycles. The van der Waals surface area contributed by atoms with Gasteiger partial charge in [0.15, 0.2) is 11.6 Å². The molecule has 1 N–H and O–H groups in total. The lowest BCUT2D eigenvalue weighted by molar-refractivity contribution is -0.136. The third kappa shape index (κ3) is 10.3. The van der Waals surface area contributed by atoms with Crippen LogP contribution in [0.2, 0.25) is 0 Å². The van der Waals surface area contributed by atoms with Gasteiger partial charge in [0.1, 0.15) is 0 Å². The first-order chi connectivity index (χ1) is 18.0. The van der Waals surface area contributed by atoms with Crippen LogP contribution in [0.5, 0.6) is 0 Å². The van der Waals surface area contributed by atoms with Crippen molar-refractivity contribution in [3.63, 3.8) is 0 Å². The maximum atomic E-state index is 13.2. The molecule has 1 aromatic rings. The third-order valence-electron chi connectivity index (χ3n) is 8.06. The van der Waals surface area contributed by atoms with Crippen LogP contribution < -0.4 is 0 Å². The highest BCUT2D eigenvalue weighted by Gasteiger charge is 2.29. The third-order valence-corrected chi connectivity index (χ3v) is 8.06. The van der Waals surface area contributed by atoms with E-state index in [1.807, 2.05) is 0 Å². The van der Waals surface area contributed by atoms with Crippen LogP contribution in [0.3, 0.4) is 0 Å². The Balaban J connectivity index is 1.80. The number of carbonyl (C=O) groups is 3. The Hall–Kier alpha value is -2.49. The summed E-state index contributed by atoms with van der Waals surface area (Å²) in [5.41, 5.74) is 3.96. The minimum absolute atomic E-state index is 0.00160. The van der Waals surface area contributed by atoms with Gasteiger partial charge in [-0.05, 0) is 68.9 Å². The molecular weight excluding hydrogens is 472 g/mol. The van der Waals surface area contributed by atoms with Crippen molar-refractivity contribution in [1.82, 2.24) is 0 Å². The van der Waals surface area contributed by atoms with Crippen molar-refractivity contribution in [2.24, 2.45) is 17.8 Å². The normalized spacial score (nSPS) is 15.7. The van der Waals surface area contributed by atoms with Gasteiger partial charge in [-0.1, -0.05) is 96.4 Å². The van der Waals surface area contributed by atoms with Gasteiger partial charge in [0.05, 0.1) is 0 Å². The molecule has 1 aliphatic carbocycles. The molecule has 2 unspecified atom stereocenters. The molecule has 0 radical (unpaired) electrons. The Bertz CT molecular complexity index is 1030.